The first-order chi connectivity index (χ1) is 10.1. The van der Waals surface area contributed by atoms with Gasteiger partial charge in [0.15, 0.2) is 17.3 Å². The number of Topliss-reactive ketones (excluding diaryl/α,β-unsaturated/α-hetero) is 1. The first-order valence-electron chi connectivity index (χ1n) is 6.59. The maximum absolute atomic E-state index is 12.1. The zero-order valence-corrected chi connectivity index (χ0v) is 13.1. The lowest BCUT2D eigenvalue weighted by molar-refractivity contribution is -0.120. The van der Waals surface area contributed by atoms with E-state index < -0.39 is 0 Å². The summed E-state index contributed by atoms with van der Waals surface area (Å²) in [5.74, 6) is 0.944. The number of nitrogens with one attached hydrogen (secondary N) is 1. The molecule has 1 aliphatic heterocycles. The Morgan fingerprint density at radius 2 is 1.90 bits per heavy atom. The van der Waals surface area contributed by atoms with Crippen LogP contribution in [0.1, 0.15) is 23.2 Å². The molecule has 1 aromatic rings. The van der Waals surface area contributed by atoms with Crippen LogP contribution in [0.4, 0.5) is 0 Å². The third kappa shape index (κ3) is 4.60. The van der Waals surface area contributed by atoms with Crippen LogP contribution in [-0.4, -0.2) is 31.4 Å². The average Bonchev–Trinajstić information content (AvgIpc) is 2.50. The molecule has 0 unspecified atom stereocenters. The molecule has 2 rings (SSSR count). The highest BCUT2D eigenvalue weighted by Crippen LogP contribution is 2.31. The predicted octanol–water partition coefficient (Wildman–Crippen LogP) is 2.45. The predicted molar refractivity (Wildman–Crippen MR) is 82.1 cm³/mol. The van der Waals surface area contributed by atoms with Crippen LogP contribution in [0.5, 0.6) is 11.5 Å². The van der Waals surface area contributed by atoms with E-state index in [1.165, 1.54) is 0 Å². The number of benzene rings is 1. The minimum absolute atomic E-state index is 0.0974. The third-order valence-electron chi connectivity index (χ3n) is 2.92. The molecule has 5 nitrogen and oxygen atoms in total. The molecule has 0 saturated heterocycles. The van der Waals surface area contributed by atoms with Crippen molar-refractivity contribution in [3.8, 4) is 11.5 Å². The number of ketones is 1. The van der Waals surface area contributed by atoms with Gasteiger partial charge in [0.05, 0.1) is 0 Å². The number of hydrogen-bond acceptors (Lipinski definition) is 4. The summed E-state index contributed by atoms with van der Waals surface area (Å²) in [6.45, 7) is 4.97. The van der Waals surface area contributed by atoms with Crippen LogP contribution in [0.25, 0.3) is 0 Å². The summed E-state index contributed by atoms with van der Waals surface area (Å²) in [6.07, 6.45) is 0.299. The van der Waals surface area contributed by atoms with Crippen LogP contribution in [0, 0.1) is 0 Å². The van der Waals surface area contributed by atoms with Crippen molar-refractivity contribution < 1.29 is 19.1 Å². The molecule has 0 spiro atoms. The van der Waals surface area contributed by atoms with E-state index in [1.807, 2.05) is 0 Å². The van der Waals surface area contributed by atoms with Crippen molar-refractivity contribution in [1.82, 2.24) is 5.32 Å². The van der Waals surface area contributed by atoms with Crippen molar-refractivity contribution >= 4 is 27.6 Å². The summed E-state index contributed by atoms with van der Waals surface area (Å²) >= 11 is 3.15. The molecule has 0 saturated carbocycles. The normalized spacial score (nSPS) is 12.6. The maximum atomic E-state index is 12.1. The van der Waals surface area contributed by atoms with Gasteiger partial charge in [-0.3, -0.25) is 9.59 Å². The van der Waals surface area contributed by atoms with Crippen molar-refractivity contribution in [3.05, 3.63) is 34.8 Å². The number of ether oxygens (including phenoxy) is 2. The lowest BCUT2D eigenvalue weighted by atomic mass is 10.1. The van der Waals surface area contributed by atoms with Crippen LogP contribution in [0.3, 0.4) is 0 Å². The van der Waals surface area contributed by atoms with Gasteiger partial charge in [-0.2, -0.15) is 0 Å². The molecule has 0 aliphatic carbocycles. The molecule has 1 heterocycles. The van der Waals surface area contributed by atoms with Crippen molar-refractivity contribution in [3.63, 3.8) is 0 Å². The highest BCUT2D eigenvalue weighted by atomic mass is 79.9. The largest absolute Gasteiger partial charge is 0.486 e. The zero-order chi connectivity index (χ0) is 15.2. The Morgan fingerprint density at radius 1 is 1.19 bits per heavy atom. The Balaban J connectivity index is 1.88. The van der Waals surface area contributed by atoms with E-state index in [1.54, 1.807) is 18.2 Å². The van der Waals surface area contributed by atoms with Gasteiger partial charge < -0.3 is 14.8 Å². The Bertz CT molecular complexity index is 571. The molecule has 112 valence electrons. The van der Waals surface area contributed by atoms with E-state index in [-0.39, 0.29) is 24.5 Å². The number of halogens is 1. The van der Waals surface area contributed by atoms with Gasteiger partial charge in [-0.1, -0.05) is 22.5 Å². The van der Waals surface area contributed by atoms with Gasteiger partial charge in [-0.05, 0) is 18.2 Å². The van der Waals surface area contributed by atoms with Gasteiger partial charge in [0.2, 0.25) is 5.91 Å². The SMILES string of the molecule is C=C(Br)CNC(=O)CCC(=O)c1ccc2c(c1)OCCO2. The second kappa shape index (κ2) is 7.26. The Morgan fingerprint density at radius 3 is 2.62 bits per heavy atom. The average molecular weight is 354 g/mol. The van der Waals surface area contributed by atoms with Crippen molar-refractivity contribution in [2.24, 2.45) is 0 Å². The number of fused-ring (bicyclic) bond motifs is 1. The molecular formula is C15H16BrNO4. The summed E-state index contributed by atoms with van der Waals surface area (Å²) in [6, 6.07) is 5.07. The molecule has 1 N–H and O–H groups in total. The number of amides is 1. The van der Waals surface area contributed by atoms with Crippen molar-refractivity contribution in [1.29, 1.82) is 0 Å². The van der Waals surface area contributed by atoms with Crippen LogP contribution in [-0.2, 0) is 4.79 Å². The van der Waals surface area contributed by atoms with Crippen LogP contribution in [0.2, 0.25) is 0 Å². The van der Waals surface area contributed by atoms with Gasteiger partial charge in [0.1, 0.15) is 13.2 Å². The van der Waals surface area contributed by atoms with E-state index in [0.29, 0.717) is 41.3 Å². The Labute approximate surface area is 131 Å². The lowest BCUT2D eigenvalue weighted by Crippen LogP contribution is -2.24. The van der Waals surface area contributed by atoms with Crippen molar-refractivity contribution in [2.75, 3.05) is 19.8 Å². The Hall–Kier alpha value is -1.82. The third-order valence-corrected chi connectivity index (χ3v) is 3.20. The fourth-order valence-corrected chi connectivity index (χ4v) is 2.01. The van der Waals surface area contributed by atoms with E-state index in [9.17, 15) is 9.59 Å². The topological polar surface area (TPSA) is 64.6 Å². The second-order valence-electron chi connectivity index (χ2n) is 4.58. The highest BCUT2D eigenvalue weighted by molar-refractivity contribution is 9.11. The number of hydrogen-bond donors (Lipinski definition) is 1. The van der Waals surface area contributed by atoms with Crippen LogP contribution >= 0.6 is 15.9 Å². The minimum atomic E-state index is -0.179. The van der Waals surface area contributed by atoms with Gasteiger partial charge in [-0.15, -0.1) is 0 Å². The lowest BCUT2D eigenvalue weighted by Gasteiger charge is -2.18. The molecule has 21 heavy (non-hydrogen) atoms. The summed E-state index contributed by atoms with van der Waals surface area (Å²) in [5, 5.41) is 2.66. The van der Waals surface area contributed by atoms with Gasteiger partial charge >= 0.3 is 0 Å². The molecule has 1 amide bonds. The van der Waals surface area contributed by atoms with Gasteiger partial charge in [0, 0.05) is 29.4 Å². The summed E-state index contributed by atoms with van der Waals surface area (Å²) in [5.41, 5.74) is 0.525. The molecule has 6 heteroatoms. The minimum Gasteiger partial charge on any atom is -0.486 e. The molecule has 0 aromatic heterocycles. The monoisotopic (exact) mass is 353 g/mol. The van der Waals surface area contributed by atoms with Gasteiger partial charge in [-0.25, -0.2) is 0 Å². The van der Waals surface area contributed by atoms with Gasteiger partial charge in [0.25, 0.3) is 0 Å². The Kier molecular flexibility index (Phi) is 5.38. The molecule has 0 atom stereocenters. The first-order valence-corrected chi connectivity index (χ1v) is 7.38. The number of rotatable bonds is 6. The zero-order valence-electron chi connectivity index (χ0n) is 11.5. The maximum Gasteiger partial charge on any atom is 0.220 e. The molecule has 1 aromatic carbocycles. The quantitative estimate of drug-likeness (QED) is 0.797. The standard InChI is InChI=1S/C15H16BrNO4/c1-10(16)9-17-15(19)5-3-12(18)11-2-4-13-14(8-11)21-7-6-20-13/h2,4,8H,1,3,5-7,9H2,(H,17,19). The van der Waals surface area contributed by atoms with E-state index in [0.717, 1.165) is 0 Å². The molecule has 0 radical (unpaired) electrons. The fraction of sp³-hybridized carbons (Fsp3) is 0.333. The molecule has 1 aliphatic rings. The van der Waals surface area contributed by atoms with E-state index >= 15 is 0 Å². The molecule has 0 bridgehead atoms. The first kappa shape index (κ1) is 15.6. The highest BCUT2D eigenvalue weighted by Gasteiger charge is 2.15. The smallest absolute Gasteiger partial charge is 0.220 e. The van der Waals surface area contributed by atoms with Crippen LogP contribution < -0.4 is 14.8 Å². The second-order valence-corrected chi connectivity index (χ2v) is 5.70. The van der Waals surface area contributed by atoms with Crippen LogP contribution in [0.15, 0.2) is 29.3 Å². The van der Waals surface area contributed by atoms with E-state index in [2.05, 4.69) is 27.8 Å². The summed E-state index contributed by atoms with van der Waals surface area (Å²) < 4.78 is 11.5. The summed E-state index contributed by atoms with van der Waals surface area (Å²) in [7, 11) is 0. The molecular weight excluding hydrogens is 338 g/mol. The van der Waals surface area contributed by atoms with Crippen molar-refractivity contribution in [2.45, 2.75) is 12.8 Å². The molecule has 0 fully saturated rings. The fourth-order valence-electron chi connectivity index (χ4n) is 1.87. The number of carbonyl (C=O) groups is 2. The van der Waals surface area contributed by atoms with E-state index in [4.69, 9.17) is 9.47 Å². The summed E-state index contributed by atoms with van der Waals surface area (Å²) in [4.78, 5) is 23.6. The number of carbonyl (C=O) groups excluding carboxylic acids is 2.